The number of aromatic amines is 1. The second kappa shape index (κ2) is 7.31. The van der Waals surface area contributed by atoms with Crippen LogP contribution in [-0.2, 0) is 4.74 Å². The number of methoxy groups -OCH3 is 2. The Kier molecular flexibility index (Phi) is 4.93. The molecule has 0 saturated carbocycles. The van der Waals surface area contributed by atoms with Gasteiger partial charge in [-0.25, -0.2) is 4.79 Å². The standard InChI is InChI=1S/C20H19NO5/c1-12-18(13-7-4-5-8-14(13)21-12)15(22)11-26-20(23)19-16(24-2)9-6-10-17(19)25-3/h4-10,21H,11H2,1-3H3. The summed E-state index contributed by atoms with van der Waals surface area (Å²) in [5.41, 5.74) is 2.29. The zero-order valence-electron chi connectivity index (χ0n) is 14.8. The molecule has 0 radical (unpaired) electrons. The number of carbonyl (C=O) groups excluding carboxylic acids is 2. The predicted molar refractivity (Wildman–Crippen MR) is 97.2 cm³/mol. The summed E-state index contributed by atoms with van der Waals surface area (Å²) in [6.45, 7) is 1.45. The fraction of sp³-hybridized carbons (Fsp3) is 0.200. The van der Waals surface area contributed by atoms with Crippen LogP contribution in [0, 0.1) is 6.92 Å². The Morgan fingerprint density at radius 3 is 2.23 bits per heavy atom. The minimum atomic E-state index is -0.676. The third-order valence-electron chi connectivity index (χ3n) is 4.14. The van der Waals surface area contributed by atoms with Crippen molar-refractivity contribution in [2.45, 2.75) is 6.92 Å². The Morgan fingerprint density at radius 2 is 1.58 bits per heavy atom. The third-order valence-corrected chi connectivity index (χ3v) is 4.14. The molecule has 1 aromatic heterocycles. The maximum Gasteiger partial charge on any atom is 0.346 e. The van der Waals surface area contributed by atoms with E-state index in [0.29, 0.717) is 17.1 Å². The molecule has 134 valence electrons. The molecule has 0 aliphatic carbocycles. The largest absolute Gasteiger partial charge is 0.496 e. The zero-order chi connectivity index (χ0) is 18.7. The van der Waals surface area contributed by atoms with Crippen LogP contribution in [0.15, 0.2) is 42.5 Å². The first-order valence-electron chi connectivity index (χ1n) is 8.05. The number of para-hydroxylation sites is 1. The highest BCUT2D eigenvalue weighted by Crippen LogP contribution is 2.29. The van der Waals surface area contributed by atoms with E-state index in [1.807, 2.05) is 31.2 Å². The molecule has 0 atom stereocenters. The summed E-state index contributed by atoms with van der Waals surface area (Å²) in [5, 5.41) is 0.806. The van der Waals surface area contributed by atoms with Gasteiger partial charge in [-0.1, -0.05) is 24.3 Å². The molecule has 2 aromatic carbocycles. The number of aryl methyl sites for hydroxylation is 1. The van der Waals surface area contributed by atoms with E-state index >= 15 is 0 Å². The lowest BCUT2D eigenvalue weighted by Crippen LogP contribution is -2.16. The van der Waals surface area contributed by atoms with Crippen LogP contribution in [0.2, 0.25) is 0 Å². The molecule has 6 nitrogen and oxygen atoms in total. The smallest absolute Gasteiger partial charge is 0.346 e. The van der Waals surface area contributed by atoms with Crippen molar-refractivity contribution in [2.75, 3.05) is 20.8 Å². The Morgan fingerprint density at radius 1 is 0.923 bits per heavy atom. The number of nitrogens with one attached hydrogen (secondary N) is 1. The van der Waals surface area contributed by atoms with Crippen molar-refractivity contribution in [3.05, 3.63) is 59.3 Å². The molecule has 3 aromatic rings. The minimum Gasteiger partial charge on any atom is -0.496 e. The number of benzene rings is 2. The maximum absolute atomic E-state index is 12.6. The summed E-state index contributed by atoms with van der Waals surface area (Å²) in [7, 11) is 2.90. The monoisotopic (exact) mass is 353 g/mol. The lowest BCUT2D eigenvalue weighted by Gasteiger charge is -2.12. The quantitative estimate of drug-likeness (QED) is 0.542. The van der Waals surface area contributed by atoms with Crippen molar-refractivity contribution in [3.63, 3.8) is 0 Å². The normalized spacial score (nSPS) is 10.6. The number of hydrogen-bond acceptors (Lipinski definition) is 5. The highest BCUT2D eigenvalue weighted by molar-refractivity contribution is 6.10. The number of H-pyrrole nitrogens is 1. The summed E-state index contributed by atoms with van der Waals surface area (Å²) in [5.74, 6) is -0.303. The molecule has 1 heterocycles. The second-order valence-corrected chi connectivity index (χ2v) is 5.71. The third kappa shape index (κ3) is 3.13. The molecule has 0 fully saturated rings. The van der Waals surface area contributed by atoms with E-state index in [2.05, 4.69) is 4.98 Å². The van der Waals surface area contributed by atoms with Crippen molar-refractivity contribution < 1.29 is 23.8 Å². The molecule has 0 bridgehead atoms. The van der Waals surface area contributed by atoms with Crippen LogP contribution in [0.4, 0.5) is 0 Å². The molecule has 6 heteroatoms. The predicted octanol–water partition coefficient (Wildman–Crippen LogP) is 3.53. The van der Waals surface area contributed by atoms with Gasteiger partial charge in [-0.15, -0.1) is 0 Å². The number of carbonyl (C=O) groups is 2. The zero-order valence-corrected chi connectivity index (χ0v) is 14.8. The average Bonchev–Trinajstić information content (AvgIpc) is 3.00. The van der Waals surface area contributed by atoms with E-state index in [9.17, 15) is 9.59 Å². The highest BCUT2D eigenvalue weighted by atomic mass is 16.5. The second-order valence-electron chi connectivity index (χ2n) is 5.71. The number of fused-ring (bicyclic) bond motifs is 1. The molecular formula is C20H19NO5. The minimum absolute atomic E-state index is 0.154. The van der Waals surface area contributed by atoms with Crippen molar-refractivity contribution in [3.8, 4) is 11.5 Å². The Labute approximate surface area is 150 Å². The highest BCUT2D eigenvalue weighted by Gasteiger charge is 2.22. The van der Waals surface area contributed by atoms with Gasteiger partial charge in [-0.2, -0.15) is 0 Å². The molecule has 3 rings (SSSR count). The fourth-order valence-electron chi connectivity index (χ4n) is 2.96. The maximum atomic E-state index is 12.6. The lowest BCUT2D eigenvalue weighted by atomic mass is 10.1. The summed E-state index contributed by atoms with van der Waals surface area (Å²) in [6, 6.07) is 12.5. The van der Waals surface area contributed by atoms with Crippen molar-refractivity contribution in [1.82, 2.24) is 4.98 Å². The van der Waals surface area contributed by atoms with E-state index in [1.54, 1.807) is 18.2 Å². The molecular weight excluding hydrogens is 334 g/mol. The van der Waals surface area contributed by atoms with E-state index < -0.39 is 5.97 Å². The van der Waals surface area contributed by atoms with Crippen molar-refractivity contribution in [2.24, 2.45) is 0 Å². The molecule has 0 spiro atoms. The summed E-state index contributed by atoms with van der Waals surface area (Å²) in [4.78, 5) is 28.3. The van der Waals surface area contributed by atoms with Gasteiger partial charge < -0.3 is 19.2 Å². The first-order valence-corrected chi connectivity index (χ1v) is 8.05. The van der Waals surface area contributed by atoms with Gasteiger partial charge in [0, 0.05) is 22.2 Å². The molecule has 0 unspecified atom stereocenters. The number of Topliss-reactive ketones (excluding diaryl/α,β-unsaturated/α-hetero) is 1. The van der Waals surface area contributed by atoms with E-state index in [0.717, 1.165) is 16.6 Å². The average molecular weight is 353 g/mol. The van der Waals surface area contributed by atoms with Crippen LogP contribution in [0.3, 0.4) is 0 Å². The van der Waals surface area contributed by atoms with Gasteiger partial charge in [0.05, 0.1) is 14.2 Å². The number of ether oxygens (including phenoxy) is 3. The summed E-state index contributed by atoms with van der Waals surface area (Å²) >= 11 is 0. The Balaban J connectivity index is 1.82. The Hall–Kier alpha value is -3.28. The van der Waals surface area contributed by atoms with Crippen LogP contribution < -0.4 is 9.47 Å². The number of aromatic nitrogens is 1. The molecule has 26 heavy (non-hydrogen) atoms. The summed E-state index contributed by atoms with van der Waals surface area (Å²) in [6.07, 6.45) is 0. The number of ketones is 1. The summed E-state index contributed by atoms with van der Waals surface area (Å²) < 4.78 is 15.6. The van der Waals surface area contributed by atoms with Gasteiger partial charge in [0.1, 0.15) is 17.1 Å². The topological polar surface area (TPSA) is 77.6 Å². The number of esters is 1. The first kappa shape index (κ1) is 17.5. The first-order chi connectivity index (χ1) is 12.6. The molecule has 0 saturated heterocycles. The molecule has 0 aliphatic rings. The van der Waals surface area contributed by atoms with Gasteiger partial charge >= 0.3 is 5.97 Å². The van der Waals surface area contributed by atoms with Gasteiger partial charge in [-0.3, -0.25) is 4.79 Å². The lowest BCUT2D eigenvalue weighted by molar-refractivity contribution is 0.0468. The fourth-order valence-corrected chi connectivity index (χ4v) is 2.96. The van der Waals surface area contributed by atoms with Crippen LogP contribution >= 0.6 is 0 Å². The van der Waals surface area contributed by atoms with Gasteiger partial charge in [0.25, 0.3) is 0 Å². The molecule has 0 aliphatic heterocycles. The Bertz CT molecular complexity index is 951. The van der Waals surface area contributed by atoms with E-state index in [4.69, 9.17) is 14.2 Å². The van der Waals surface area contributed by atoms with Crippen LogP contribution in [0.25, 0.3) is 10.9 Å². The van der Waals surface area contributed by atoms with Crippen molar-refractivity contribution >= 4 is 22.7 Å². The van der Waals surface area contributed by atoms with Crippen LogP contribution in [0.1, 0.15) is 26.4 Å². The number of hydrogen-bond donors (Lipinski definition) is 1. The van der Waals surface area contributed by atoms with E-state index in [-0.39, 0.29) is 18.0 Å². The molecule has 1 N–H and O–H groups in total. The van der Waals surface area contributed by atoms with E-state index in [1.165, 1.54) is 14.2 Å². The molecule has 0 amide bonds. The SMILES string of the molecule is COc1cccc(OC)c1C(=O)OCC(=O)c1c(C)[nH]c2ccccc12. The van der Waals surface area contributed by atoms with Crippen LogP contribution in [-0.4, -0.2) is 37.6 Å². The van der Waals surface area contributed by atoms with Gasteiger partial charge in [0.15, 0.2) is 6.61 Å². The number of rotatable bonds is 6. The van der Waals surface area contributed by atoms with Gasteiger partial charge in [0.2, 0.25) is 5.78 Å². The van der Waals surface area contributed by atoms with Crippen molar-refractivity contribution in [1.29, 1.82) is 0 Å². The van der Waals surface area contributed by atoms with Gasteiger partial charge in [-0.05, 0) is 25.1 Å². The van der Waals surface area contributed by atoms with Crippen LogP contribution in [0.5, 0.6) is 11.5 Å².